The Morgan fingerprint density at radius 1 is 1.22 bits per heavy atom. The number of benzene rings is 2. The van der Waals surface area contributed by atoms with Crippen LogP contribution in [0.4, 0.5) is 11.4 Å². The average Bonchev–Trinajstić information content (AvgIpc) is 2.58. The molecule has 0 saturated heterocycles. The first-order valence-corrected chi connectivity index (χ1v) is 9.19. The van der Waals surface area contributed by atoms with E-state index in [-0.39, 0.29) is 5.91 Å². The van der Waals surface area contributed by atoms with Crippen molar-refractivity contribution in [2.45, 2.75) is 30.7 Å². The van der Waals surface area contributed by atoms with Gasteiger partial charge in [0.15, 0.2) is 0 Å². The molecule has 1 N–H and O–H groups in total. The lowest BCUT2D eigenvalue weighted by atomic mass is 9.96. The normalized spacial score (nSPS) is 16.8. The molecule has 1 amide bonds. The monoisotopic (exact) mass is 326 g/mol. The minimum Gasteiger partial charge on any atom is -0.359 e. The van der Waals surface area contributed by atoms with E-state index in [4.69, 9.17) is 0 Å². The van der Waals surface area contributed by atoms with E-state index in [1.165, 1.54) is 11.3 Å². The molecule has 0 bridgehead atoms. The maximum atomic E-state index is 12.5. The van der Waals surface area contributed by atoms with Gasteiger partial charge in [-0.3, -0.25) is 4.79 Å². The summed E-state index contributed by atoms with van der Waals surface area (Å²) in [6, 6.07) is 16.7. The van der Waals surface area contributed by atoms with Gasteiger partial charge in [-0.1, -0.05) is 30.3 Å². The number of aryl methyl sites for hydroxylation is 1. The predicted molar refractivity (Wildman–Crippen MR) is 98.4 cm³/mol. The number of hydrogen-bond acceptors (Lipinski definition) is 3. The van der Waals surface area contributed by atoms with Crippen molar-refractivity contribution in [3.8, 4) is 0 Å². The van der Waals surface area contributed by atoms with Crippen molar-refractivity contribution in [1.82, 2.24) is 0 Å². The van der Waals surface area contributed by atoms with Gasteiger partial charge in [-0.05, 0) is 49.8 Å². The Kier molecular flexibility index (Phi) is 4.91. The minimum atomic E-state index is 0.0371. The van der Waals surface area contributed by atoms with Gasteiger partial charge in [0.2, 0.25) is 5.91 Å². The first-order valence-electron chi connectivity index (χ1n) is 7.96. The van der Waals surface area contributed by atoms with Crippen molar-refractivity contribution < 1.29 is 4.79 Å². The second-order valence-electron chi connectivity index (χ2n) is 5.89. The van der Waals surface area contributed by atoms with Crippen molar-refractivity contribution in [2.24, 2.45) is 0 Å². The summed E-state index contributed by atoms with van der Waals surface area (Å²) in [5.74, 6) is 0.0371. The highest BCUT2D eigenvalue weighted by molar-refractivity contribution is 7.98. The molecule has 1 heterocycles. The molecular formula is C19H22N2OS. The minimum absolute atomic E-state index is 0.0371. The molecule has 120 valence electrons. The predicted octanol–water partition coefficient (Wildman–Crippen LogP) is 4.19. The molecule has 2 aromatic carbocycles. The highest BCUT2D eigenvalue weighted by Crippen LogP contribution is 2.30. The third kappa shape index (κ3) is 3.53. The van der Waals surface area contributed by atoms with Crippen LogP contribution in [0.2, 0.25) is 0 Å². The molecule has 0 saturated carbocycles. The topological polar surface area (TPSA) is 32.3 Å². The molecular weight excluding hydrogens is 304 g/mol. The zero-order valence-corrected chi connectivity index (χ0v) is 14.4. The Hall–Kier alpha value is -1.94. The molecule has 0 aliphatic carbocycles. The number of carbonyl (C=O) groups excluding carboxylic acids is 1. The SMILES string of the molecule is CSc1ccccc1NC(=O)CN1c2ccccc2CC[C@@H]1C. The Balaban J connectivity index is 1.75. The lowest BCUT2D eigenvalue weighted by Gasteiger charge is -2.36. The van der Waals surface area contributed by atoms with Gasteiger partial charge in [0.25, 0.3) is 0 Å². The summed E-state index contributed by atoms with van der Waals surface area (Å²) in [5.41, 5.74) is 3.42. The Bertz CT molecular complexity index is 701. The second kappa shape index (κ2) is 7.09. The highest BCUT2D eigenvalue weighted by Gasteiger charge is 2.24. The quantitative estimate of drug-likeness (QED) is 0.855. The first kappa shape index (κ1) is 15.9. The van der Waals surface area contributed by atoms with Gasteiger partial charge in [-0.15, -0.1) is 11.8 Å². The van der Waals surface area contributed by atoms with Gasteiger partial charge in [-0.25, -0.2) is 0 Å². The van der Waals surface area contributed by atoms with E-state index in [0.717, 1.165) is 23.4 Å². The van der Waals surface area contributed by atoms with Gasteiger partial charge in [0.1, 0.15) is 0 Å². The van der Waals surface area contributed by atoms with E-state index in [1.54, 1.807) is 11.8 Å². The molecule has 23 heavy (non-hydrogen) atoms. The summed E-state index contributed by atoms with van der Waals surface area (Å²) in [6.45, 7) is 2.58. The Morgan fingerprint density at radius 3 is 2.78 bits per heavy atom. The number of nitrogens with one attached hydrogen (secondary N) is 1. The maximum Gasteiger partial charge on any atom is 0.243 e. The van der Waals surface area contributed by atoms with Crippen LogP contribution in [-0.4, -0.2) is 24.7 Å². The summed E-state index contributed by atoms with van der Waals surface area (Å²) in [5, 5.41) is 3.06. The van der Waals surface area contributed by atoms with Crippen LogP contribution in [0.25, 0.3) is 0 Å². The lowest BCUT2D eigenvalue weighted by molar-refractivity contribution is -0.115. The molecule has 1 aliphatic rings. The van der Waals surface area contributed by atoms with E-state index in [2.05, 4.69) is 35.3 Å². The van der Waals surface area contributed by atoms with E-state index >= 15 is 0 Å². The number of nitrogens with zero attached hydrogens (tertiary/aromatic N) is 1. The van der Waals surface area contributed by atoms with E-state index in [9.17, 15) is 4.79 Å². The summed E-state index contributed by atoms with van der Waals surface area (Å²) in [7, 11) is 0. The summed E-state index contributed by atoms with van der Waals surface area (Å²) in [6.07, 6.45) is 4.20. The molecule has 0 aromatic heterocycles. The van der Waals surface area contributed by atoms with Crippen molar-refractivity contribution in [2.75, 3.05) is 23.0 Å². The number of hydrogen-bond donors (Lipinski definition) is 1. The molecule has 2 aromatic rings. The van der Waals surface area contributed by atoms with Crippen molar-refractivity contribution in [3.63, 3.8) is 0 Å². The van der Waals surface area contributed by atoms with Crippen molar-refractivity contribution in [1.29, 1.82) is 0 Å². The average molecular weight is 326 g/mol. The molecule has 0 fully saturated rings. The molecule has 0 unspecified atom stereocenters. The van der Waals surface area contributed by atoms with Crippen LogP contribution in [0.1, 0.15) is 18.9 Å². The first-order chi connectivity index (χ1) is 11.2. The number of para-hydroxylation sites is 2. The van der Waals surface area contributed by atoms with Crippen LogP contribution in [0.3, 0.4) is 0 Å². The van der Waals surface area contributed by atoms with Gasteiger partial charge in [0.05, 0.1) is 12.2 Å². The third-order valence-corrected chi connectivity index (χ3v) is 5.16. The van der Waals surface area contributed by atoms with Crippen molar-refractivity contribution >= 4 is 29.0 Å². The lowest BCUT2D eigenvalue weighted by Crippen LogP contribution is -2.42. The third-order valence-electron chi connectivity index (χ3n) is 4.36. The fourth-order valence-electron chi connectivity index (χ4n) is 3.09. The van der Waals surface area contributed by atoms with Gasteiger partial charge >= 0.3 is 0 Å². The van der Waals surface area contributed by atoms with Crippen LogP contribution in [0.15, 0.2) is 53.4 Å². The number of amides is 1. The molecule has 3 rings (SSSR count). The van der Waals surface area contributed by atoms with E-state index in [0.29, 0.717) is 12.6 Å². The zero-order valence-electron chi connectivity index (χ0n) is 13.6. The highest BCUT2D eigenvalue weighted by atomic mass is 32.2. The smallest absolute Gasteiger partial charge is 0.243 e. The van der Waals surface area contributed by atoms with Crippen LogP contribution in [0, 0.1) is 0 Å². The summed E-state index contributed by atoms with van der Waals surface area (Å²) in [4.78, 5) is 15.9. The summed E-state index contributed by atoms with van der Waals surface area (Å²) >= 11 is 1.64. The van der Waals surface area contributed by atoms with Crippen LogP contribution >= 0.6 is 11.8 Å². The van der Waals surface area contributed by atoms with Gasteiger partial charge in [-0.2, -0.15) is 0 Å². The molecule has 1 atom stereocenters. The second-order valence-corrected chi connectivity index (χ2v) is 6.74. The molecule has 0 radical (unpaired) electrons. The molecule has 0 spiro atoms. The Morgan fingerprint density at radius 2 is 1.96 bits per heavy atom. The molecule has 4 heteroatoms. The molecule has 1 aliphatic heterocycles. The van der Waals surface area contributed by atoms with Crippen molar-refractivity contribution in [3.05, 3.63) is 54.1 Å². The number of anilines is 2. The number of rotatable bonds is 4. The number of fused-ring (bicyclic) bond motifs is 1. The molecule has 3 nitrogen and oxygen atoms in total. The number of thioether (sulfide) groups is 1. The zero-order chi connectivity index (χ0) is 16.2. The fraction of sp³-hybridized carbons (Fsp3) is 0.316. The summed E-state index contributed by atoms with van der Waals surface area (Å²) < 4.78 is 0. The van der Waals surface area contributed by atoms with Crippen LogP contribution in [0.5, 0.6) is 0 Å². The van der Waals surface area contributed by atoms with E-state index < -0.39 is 0 Å². The number of carbonyl (C=O) groups is 1. The Labute approximate surface area is 142 Å². The fourth-order valence-corrected chi connectivity index (χ4v) is 3.65. The van der Waals surface area contributed by atoms with E-state index in [1.807, 2.05) is 36.6 Å². The largest absolute Gasteiger partial charge is 0.359 e. The van der Waals surface area contributed by atoms with Crippen LogP contribution in [-0.2, 0) is 11.2 Å². The van der Waals surface area contributed by atoms with Gasteiger partial charge < -0.3 is 10.2 Å². The maximum absolute atomic E-state index is 12.5. The van der Waals surface area contributed by atoms with Gasteiger partial charge in [0, 0.05) is 16.6 Å². The van der Waals surface area contributed by atoms with Crippen LogP contribution < -0.4 is 10.2 Å². The standard InChI is InChI=1S/C19H22N2OS/c1-14-11-12-15-7-3-5-9-17(15)21(14)13-19(22)20-16-8-4-6-10-18(16)23-2/h3-10,14H,11-13H2,1-2H3,(H,20,22)/t14-/m0/s1.